The number of amides is 1. The molecule has 5 aromatic rings. The van der Waals surface area contributed by atoms with Crippen LogP contribution in [0.5, 0.6) is 5.75 Å². The van der Waals surface area contributed by atoms with Crippen molar-refractivity contribution in [3.05, 3.63) is 144 Å². The Morgan fingerprint density at radius 1 is 0.756 bits per heavy atom. The zero-order valence-electron chi connectivity index (χ0n) is 25.4. The summed E-state index contributed by atoms with van der Waals surface area (Å²) in [5, 5.41) is 5.37. The van der Waals surface area contributed by atoms with E-state index in [4.69, 9.17) is 9.47 Å². The fourth-order valence-electron chi connectivity index (χ4n) is 5.21. The first kappa shape index (κ1) is 31.0. The zero-order chi connectivity index (χ0) is 31.6. The highest BCUT2D eigenvalue weighted by atomic mass is 16.5. The standard InChI is InChI=1S/C38H36N2O5/c1-3-40(37(42)31-20-19-28-11-7-8-14-30(28)26-31)23-24-45-32-21-17-27(18-22-32)25-35(38(43)44-2)39-34-16-10-9-15-33(34)36(41)29-12-5-4-6-13-29/h4-22,26,35,39H,3,23-25H2,1-2H3. The molecule has 0 bridgehead atoms. The van der Waals surface area contributed by atoms with Crippen molar-refractivity contribution in [2.75, 3.05) is 32.1 Å². The van der Waals surface area contributed by atoms with E-state index >= 15 is 0 Å². The molecule has 0 heterocycles. The van der Waals surface area contributed by atoms with Gasteiger partial charge in [-0.3, -0.25) is 9.59 Å². The molecule has 7 heteroatoms. The van der Waals surface area contributed by atoms with Crippen molar-refractivity contribution in [3.8, 4) is 5.75 Å². The number of anilines is 1. The minimum Gasteiger partial charge on any atom is -0.492 e. The number of benzene rings is 5. The summed E-state index contributed by atoms with van der Waals surface area (Å²) in [6.45, 7) is 3.30. The first-order valence-electron chi connectivity index (χ1n) is 15.0. The highest BCUT2D eigenvalue weighted by molar-refractivity contribution is 6.12. The fraction of sp³-hybridized carbons (Fsp3) is 0.184. The molecule has 0 saturated heterocycles. The van der Waals surface area contributed by atoms with Crippen LogP contribution in [-0.4, -0.2) is 55.4 Å². The lowest BCUT2D eigenvalue weighted by Crippen LogP contribution is -2.34. The Labute approximate surface area is 263 Å². The van der Waals surface area contributed by atoms with Gasteiger partial charge in [-0.25, -0.2) is 4.79 Å². The van der Waals surface area contributed by atoms with Gasteiger partial charge < -0.3 is 19.7 Å². The summed E-state index contributed by atoms with van der Waals surface area (Å²) in [5.74, 6) is 0.0578. The van der Waals surface area contributed by atoms with Gasteiger partial charge in [0.2, 0.25) is 0 Å². The van der Waals surface area contributed by atoms with Crippen LogP contribution in [0.3, 0.4) is 0 Å². The van der Waals surface area contributed by atoms with E-state index < -0.39 is 12.0 Å². The first-order chi connectivity index (χ1) is 22.0. The minimum absolute atomic E-state index is 0.0319. The second-order valence-electron chi connectivity index (χ2n) is 10.6. The third-order valence-electron chi connectivity index (χ3n) is 7.68. The van der Waals surface area contributed by atoms with E-state index in [-0.39, 0.29) is 11.7 Å². The average molecular weight is 601 g/mol. The third-order valence-corrected chi connectivity index (χ3v) is 7.68. The molecule has 0 aromatic heterocycles. The molecule has 0 aliphatic heterocycles. The summed E-state index contributed by atoms with van der Waals surface area (Å²) < 4.78 is 11.0. The molecule has 1 atom stereocenters. The monoisotopic (exact) mass is 600 g/mol. The van der Waals surface area contributed by atoms with Crippen molar-refractivity contribution < 1.29 is 23.9 Å². The van der Waals surface area contributed by atoms with E-state index in [2.05, 4.69) is 5.32 Å². The molecule has 228 valence electrons. The Morgan fingerprint density at radius 3 is 2.18 bits per heavy atom. The molecular formula is C38H36N2O5. The Bertz CT molecular complexity index is 1770. The number of carbonyl (C=O) groups excluding carboxylic acids is 3. The lowest BCUT2D eigenvalue weighted by molar-refractivity contribution is -0.141. The number of esters is 1. The number of carbonyl (C=O) groups is 3. The van der Waals surface area contributed by atoms with E-state index in [1.165, 1.54) is 7.11 Å². The predicted molar refractivity (Wildman–Crippen MR) is 177 cm³/mol. The minimum atomic E-state index is -0.717. The highest BCUT2D eigenvalue weighted by Gasteiger charge is 2.23. The number of likely N-dealkylation sites (N-methyl/N-ethyl adjacent to an activating group) is 1. The van der Waals surface area contributed by atoms with Crippen molar-refractivity contribution in [1.82, 2.24) is 4.90 Å². The number of para-hydroxylation sites is 1. The van der Waals surface area contributed by atoms with Gasteiger partial charge in [-0.15, -0.1) is 0 Å². The van der Waals surface area contributed by atoms with E-state index in [1.54, 1.807) is 35.2 Å². The van der Waals surface area contributed by atoms with Crippen LogP contribution in [0, 0.1) is 0 Å². The summed E-state index contributed by atoms with van der Waals surface area (Å²) in [4.78, 5) is 40.9. The molecule has 7 nitrogen and oxygen atoms in total. The number of hydrogen-bond acceptors (Lipinski definition) is 6. The van der Waals surface area contributed by atoms with Gasteiger partial charge in [0.05, 0.1) is 13.7 Å². The van der Waals surface area contributed by atoms with Crippen molar-refractivity contribution >= 4 is 34.1 Å². The van der Waals surface area contributed by atoms with Crippen molar-refractivity contribution in [2.45, 2.75) is 19.4 Å². The van der Waals surface area contributed by atoms with Crippen LogP contribution in [0.15, 0.2) is 121 Å². The van der Waals surface area contributed by atoms with Crippen LogP contribution in [0.2, 0.25) is 0 Å². The van der Waals surface area contributed by atoms with Gasteiger partial charge in [0.15, 0.2) is 5.78 Å². The number of fused-ring (bicyclic) bond motifs is 1. The van der Waals surface area contributed by atoms with Gasteiger partial charge in [-0.2, -0.15) is 0 Å². The normalized spacial score (nSPS) is 11.4. The molecule has 1 amide bonds. The van der Waals surface area contributed by atoms with Crippen LogP contribution in [0.1, 0.15) is 38.8 Å². The summed E-state index contributed by atoms with van der Waals surface area (Å²) >= 11 is 0. The van der Waals surface area contributed by atoms with Crippen LogP contribution < -0.4 is 10.1 Å². The van der Waals surface area contributed by atoms with Gasteiger partial charge >= 0.3 is 5.97 Å². The quantitative estimate of drug-likeness (QED) is 0.118. The topological polar surface area (TPSA) is 84.9 Å². The van der Waals surface area contributed by atoms with Crippen molar-refractivity contribution in [1.29, 1.82) is 0 Å². The number of nitrogens with one attached hydrogen (secondary N) is 1. The number of nitrogens with zero attached hydrogens (tertiary/aromatic N) is 1. The average Bonchev–Trinajstić information content (AvgIpc) is 3.10. The molecule has 5 aromatic carbocycles. The Hall–Kier alpha value is -5.43. The molecule has 0 aliphatic carbocycles. The van der Waals surface area contributed by atoms with Gasteiger partial charge in [-0.05, 0) is 59.7 Å². The fourth-order valence-corrected chi connectivity index (χ4v) is 5.21. The van der Waals surface area contributed by atoms with Crippen LogP contribution in [0.25, 0.3) is 10.8 Å². The second kappa shape index (κ2) is 14.8. The maximum Gasteiger partial charge on any atom is 0.328 e. The molecule has 0 saturated carbocycles. The number of ketones is 1. The number of hydrogen-bond donors (Lipinski definition) is 1. The second-order valence-corrected chi connectivity index (χ2v) is 10.6. The lowest BCUT2D eigenvalue weighted by Gasteiger charge is -2.21. The van der Waals surface area contributed by atoms with Crippen LogP contribution in [0.4, 0.5) is 5.69 Å². The van der Waals surface area contributed by atoms with Crippen LogP contribution in [-0.2, 0) is 16.0 Å². The maximum absolute atomic E-state index is 13.2. The molecular weight excluding hydrogens is 564 g/mol. The molecule has 5 rings (SSSR count). The van der Waals surface area contributed by atoms with Gasteiger partial charge in [0, 0.05) is 35.3 Å². The molecule has 0 spiro atoms. The number of ether oxygens (including phenoxy) is 2. The van der Waals surface area contributed by atoms with Crippen LogP contribution >= 0.6 is 0 Å². The molecule has 0 aliphatic rings. The Balaban J connectivity index is 1.20. The third kappa shape index (κ3) is 7.75. The summed E-state index contributed by atoms with van der Waals surface area (Å²) in [5.41, 5.74) is 3.14. The van der Waals surface area contributed by atoms with Gasteiger partial charge in [0.1, 0.15) is 18.4 Å². The highest BCUT2D eigenvalue weighted by Crippen LogP contribution is 2.23. The predicted octanol–water partition coefficient (Wildman–Crippen LogP) is 6.81. The number of methoxy groups -OCH3 is 1. The van der Waals surface area contributed by atoms with E-state index in [0.29, 0.717) is 54.2 Å². The maximum atomic E-state index is 13.2. The Morgan fingerprint density at radius 2 is 1.44 bits per heavy atom. The smallest absolute Gasteiger partial charge is 0.328 e. The molecule has 0 radical (unpaired) electrons. The van der Waals surface area contributed by atoms with E-state index in [9.17, 15) is 14.4 Å². The van der Waals surface area contributed by atoms with Gasteiger partial charge in [0.25, 0.3) is 5.91 Å². The summed E-state index contributed by atoms with van der Waals surface area (Å²) in [7, 11) is 1.35. The summed E-state index contributed by atoms with van der Waals surface area (Å²) in [6, 6.07) is 36.7. The zero-order valence-corrected chi connectivity index (χ0v) is 25.4. The largest absolute Gasteiger partial charge is 0.492 e. The van der Waals surface area contributed by atoms with E-state index in [1.807, 2.05) is 97.9 Å². The molecule has 1 N–H and O–H groups in total. The molecule has 45 heavy (non-hydrogen) atoms. The van der Waals surface area contributed by atoms with Crippen molar-refractivity contribution in [2.24, 2.45) is 0 Å². The lowest BCUT2D eigenvalue weighted by atomic mass is 10.00. The Kier molecular flexibility index (Phi) is 10.2. The first-order valence-corrected chi connectivity index (χ1v) is 15.0. The van der Waals surface area contributed by atoms with Gasteiger partial charge in [-0.1, -0.05) is 84.9 Å². The summed E-state index contributed by atoms with van der Waals surface area (Å²) in [6.07, 6.45) is 0.338. The SMILES string of the molecule is CCN(CCOc1ccc(CC(Nc2ccccc2C(=O)c2ccccc2)C(=O)OC)cc1)C(=O)c1ccc2ccccc2c1. The molecule has 1 unspecified atom stereocenters. The number of rotatable bonds is 13. The van der Waals surface area contributed by atoms with Crippen molar-refractivity contribution in [3.63, 3.8) is 0 Å². The van der Waals surface area contributed by atoms with E-state index in [0.717, 1.165) is 16.3 Å². The molecule has 0 fully saturated rings.